The number of amides is 1. The summed E-state index contributed by atoms with van der Waals surface area (Å²) in [5.41, 5.74) is 1.00. The Morgan fingerprint density at radius 2 is 1.79 bits per heavy atom. The molecule has 2 aromatic rings. The van der Waals surface area contributed by atoms with Crippen molar-refractivity contribution in [2.45, 2.75) is 18.2 Å². The quantitative estimate of drug-likeness (QED) is 0.747. The van der Waals surface area contributed by atoms with Crippen molar-refractivity contribution in [3.05, 3.63) is 57.8 Å². The number of halogens is 2. The number of hydrogen-bond acceptors (Lipinski definition) is 4. The van der Waals surface area contributed by atoms with Crippen molar-refractivity contribution >= 4 is 31.9 Å². The first kappa shape index (κ1) is 20.8. The van der Waals surface area contributed by atoms with Crippen molar-refractivity contribution in [3.63, 3.8) is 0 Å². The maximum Gasteiger partial charge on any atom is 0.257 e. The number of carbonyl (C=O) groups is 1. The highest BCUT2D eigenvalue weighted by Gasteiger charge is 2.29. The van der Waals surface area contributed by atoms with E-state index in [9.17, 15) is 22.7 Å². The Hall–Kier alpha value is -1.97. The van der Waals surface area contributed by atoms with E-state index in [0.29, 0.717) is 17.4 Å². The topological polar surface area (TPSA) is 77.9 Å². The molecule has 1 saturated heterocycles. The van der Waals surface area contributed by atoms with E-state index in [1.165, 1.54) is 16.4 Å². The molecule has 1 aliphatic heterocycles. The van der Waals surface area contributed by atoms with Crippen molar-refractivity contribution in [1.29, 1.82) is 0 Å². The normalized spacial score (nSPS) is 16.0. The lowest BCUT2D eigenvalue weighted by Gasteiger charge is -2.22. The number of rotatable bonds is 3. The summed E-state index contributed by atoms with van der Waals surface area (Å²) in [6.07, 6.45) is 0.458. The van der Waals surface area contributed by atoms with Gasteiger partial charge in [-0.05, 0) is 71.2 Å². The van der Waals surface area contributed by atoms with Crippen LogP contribution in [0.2, 0.25) is 0 Å². The highest BCUT2D eigenvalue weighted by molar-refractivity contribution is 9.10. The summed E-state index contributed by atoms with van der Waals surface area (Å²) >= 11 is 3.24. The van der Waals surface area contributed by atoms with Gasteiger partial charge in [0, 0.05) is 26.2 Å². The summed E-state index contributed by atoms with van der Waals surface area (Å²) in [5.74, 6) is -0.978. The Morgan fingerprint density at radius 1 is 1.11 bits per heavy atom. The molecule has 150 valence electrons. The number of nitrogens with zero attached hydrogens (tertiary/aromatic N) is 2. The molecule has 1 fully saturated rings. The van der Waals surface area contributed by atoms with Gasteiger partial charge in [-0.1, -0.05) is 0 Å². The van der Waals surface area contributed by atoms with Crippen molar-refractivity contribution < 1.29 is 22.7 Å². The van der Waals surface area contributed by atoms with Gasteiger partial charge in [0.15, 0.2) is 0 Å². The second kappa shape index (κ2) is 8.18. The molecular weight excluding hydrogens is 451 g/mol. The summed E-state index contributed by atoms with van der Waals surface area (Å²) in [6, 6.07) is 8.02. The molecule has 9 heteroatoms. The average Bonchev–Trinajstić information content (AvgIpc) is 2.91. The molecule has 0 unspecified atom stereocenters. The fourth-order valence-corrected chi connectivity index (χ4v) is 5.21. The van der Waals surface area contributed by atoms with E-state index in [-0.39, 0.29) is 41.7 Å². The number of sulfonamides is 1. The minimum absolute atomic E-state index is 0.0222. The maximum absolute atomic E-state index is 13.1. The van der Waals surface area contributed by atoms with Gasteiger partial charge in [0.25, 0.3) is 5.91 Å². The van der Waals surface area contributed by atoms with Crippen LogP contribution in [0.4, 0.5) is 4.39 Å². The molecule has 6 nitrogen and oxygen atoms in total. The van der Waals surface area contributed by atoms with Gasteiger partial charge >= 0.3 is 0 Å². The molecule has 1 amide bonds. The van der Waals surface area contributed by atoms with Crippen LogP contribution in [0.15, 0.2) is 45.8 Å². The second-order valence-corrected chi connectivity index (χ2v) is 9.44. The third-order valence-electron chi connectivity index (χ3n) is 4.63. The van der Waals surface area contributed by atoms with Crippen LogP contribution >= 0.6 is 15.9 Å². The molecule has 0 atom stereocenters. The fourth-order valence-electron chi connectivity index (χ4n) is 3.16. The molecule has 2 aromatic carbocycles. The Labute approximate surface area is 171 Å². The standard InChI is InChI=1S/C19H20BrFN2O4S/c1-13-11-16(18(24)17(20)12-13)19(25)22-7-2-8-23(10-9-22)28(26,27)15-5-3-14(21)4-6-15/h3-6,11-12,24H,2,7-10H2,1H3. The van der Waals surface area contributed by atoms with Gasteiger partial charge in [-0.15, -0.1) is 0 Å². The Morgan fingerprint density at radius 3 is 2.46 bits per heavy atom. The number of benzene rings is 2. The summed E-state index contributed by atoms with van der Waals surface area (Å²) < 4.78 is 40.4. The van der Waals surface area contributed by atoms with Crippen molar-refractivity contribution in [3.8, 4) is 5.75 Å². The number of phenols is 1. The smallest absolute Gasteiger partial charge is 0.257 e. The molecule has 1 aliphatic rings. The zero-order chi connectivity index (χ0) is 20.5. The number of carbonyl (C=O) groups excluding carboxylic acids is 1. The zero-order valence-electron chi connectivity index (χ0n) is 15.2. The lowest BCUT2D eigenvalue weighted by Crippen LogP contribution is -2.37. The van der Waals surface area contributed by atoms with Crippen molar-refractivity contribution in [2.24, 2.45) is 0 Å². The Bertz CT molecular complexity index is 996. The molecule has 0 aromatic heterocycles. The van der Waals surface area contributed by atoms with Gasteiger partial charge in [-0.25, -0.2) is 12.8 Å². The number of aryl methyl sites for hydroxylation is 1. The Balaban J connectivity index is 1.78. The van der Waals surface area contributed by atoms with Gasteiger partial charge in [0.2, 0.25) is 10.0 Å². The first-order chi connectivity index (χ1) is 13.2. The molecular formula is C19H20BrFN2O4S. The summed E-state index contributed by atoms with van der Waals surface area (Å²) in [7, 11) is -3.77. The van der Waals surface area contributed by atoms with Crippen LogP contribution in [-0.2, 0) is 10.0 Å². The van der Waals surface area contributed by atoms with Crippen LogP contribution in [0.3, 0.4) is 0 Å². The summed E-state index contributed by atoms with van der Waals surface area (Å²) in [5, 5.41) is 10.2. The minimum Gasteiger partial charge on any atom is -0.506 e. The van der Waals surface area contributed by atoms with Gasteiger partial charge in [-0.2, -0.15) is 4.31 Å². The van der Waals surface area contributed by atoms with Crippen molar-refractivity contribution in [1.82, 2.24) is 9.21 Å². The summed E-state index contributed by atoms with van der Waals surface area (Å²) in [4.78, 5) is 14.4. The van der Waals surface area contributed by atoms with Crippen LogP contribution in [0.25, 0.3) is 0 Å². The third-order valence-corrected chi connectivity index (χ3v) is 7.15. The van der Waals surface area contributed by atoms with E-state index in [1.807, 2.05) is 6.92 Å². The number of phenolic OH excluding ortho intramolecular Hbond substituents is 1. The van der Waals surface area contributed by atoms with Crippen LogP contribution in [0.5, 0.6) is 5.75 Å². The lowest BCUT2D eigenvalue weighted by molar-refractivity contribution is 0.0761. The molecule has 0 bridgehead atoms. The van der Waals surface area contributed by atoms with Crippen LogP contribution in [0.1, 0.15) is 22.3 Å². The number of aromatic hydroxyl groups is 1. The largest absolute Gasteiger partial charge is 0.506 e. The predicted octanol–water partition coefficient (Wildman–Crippen LogP) is 3.14. The predicted molar refractivity (Wildman–Crippen MR) is 106 cm³/mol. The minimum atomic E-state index is -3.77. The average molecular weight is 471 g/mol. The lowest BCUT2D eigenvalue weighted by atomic mass is 10.1. The third kappa shape index (κ3) is 4.21. The zero-order valence-corrected chi connectivity index (χ0v) is 17.6. The van der Waals surface area contributed by atoms with Crippen molar-refractivity contribution in [2.75, 3.05) is 26.2 Å². The molecule has 28 heavy (non-hydrogen) atoms. The monoisotopic (exact) mass is 470 g/mol. The fraction of sp³-hybridized carbons (Fsp3) is 0.316. The van der Waals surface area contributed by atoms with Crippen LogP contribution in [-0.4, -0.2) is 54.8 Å². The van der Waals surface area contributed by atoms with E-state index >= 15 is 0 Å². The van der Waals surface area contributed by atoms with Crippen LogP contribution < -0.4 is 0 Å². The molecule has 1 heterocycles. The van der Waals surface area contributed by atoms with Crippen LogP contribution in [0, 0.1) is 12.7 Å². The van der Waals surface area contributed by atoms with Gasteiger partial charge < -0.3 is 10.0 Å². The van der Waals surface area contributed by atoms with Gasteiger partial charge in [0.05, 0.1) is 14.9 Å². The Kier molecular flexibility index (Phi) is 6.07. The maximum atomic E-state index is 13.1. The first-order valence-electron chi connectivity index (χ1n) is 8.74. The molecule has 0 saturated carbocycles. The van der Waals surface area contributed by atoms with Gasteiger partial charge in [0.1, 0.15) is 11.6 Å². The molecule has 1 N–H and O–H groups in total. The van der Waals surface area contributed by atoms with E-state index in [1.54, 1.807) is 17.0 Å². The summed E-state index contributed by atoms with van der Waals surface area (Å²) in [6.45, 7) is 2.77. The van der Waals surface area contributed by atoms with E-state index < -0.39 is 15.8 Å². The van der Waals surface area contributed by atoms with E-state index in [4.69, 9.17) is 0 Å². The number of hydrogen-bond donors (Lipinski definition) is 1. The highest BCUT2D eigenvalue weighted by Crippen LogP contribution is 2.30. The molecule has 0 spiro atoms. The molecule has 0 radical (unpaired) electrons. The highest BCUT2D eigenvalue weighted by atomic mass is 79.9. The second-order valence-electron chi connectivity index (χ2n) is 6.65. The van der Waals surface area contributed by atoms with Gasteiger partial charge in [-0.3, -0.25) is 4.79 Å². The van der Waals surface area contributed by atoms with E-state index in [2.05, 4.69) is 15.9 Å². The SMILES string of the molecule is Cc1cc(Br)c(O)c(C(=O)N2CCCN(S(=O)(=O)c3ccc(F)cc3)CC2)c1. The molecule has 3 rings (SSSR count). The molecule has 0 aliphatic carbocycles. The van der Waals surface area contributed by atoms with E-state index in [0.717, 1.165) is 17.7 Å². The first-order valence-corrected chi connectivity index (χ1v) is 11.0.